The van der Waals surface area contributed by atoms with Crippen molar-refractivity contribution in [1.29, 1.82) is 0 Å². The number of nitrogens with one attached hydrogen (secondary N) is 2. The van der Waals surface area contributed by atoms with Gasteiger partial charge in [-0.15, -0.1) is 0 Å². The maximum absolute atomic E-state index is 13.6. The SMILES string of the molecule is CC[C@H](SC1=Nc2ccccc2C2=N[C@@H](CC(=O)NCc3ccccc3)C(=O)N12)C(=O)Nc1ccc2c(c1)OCO2. The predicted molar refractivity (Wildman–Crippen MR) is 156 cm³/mol. The fourth-order valence-electron chi connectivity index (χ4n) is 4.70. The maximum atomic E-state index is 13.6. The number of carbonyl (C=O) groups is 3. The summed E-state index contributed by atoms with van der Waals surface area (Å²) in [5, 5.41) is 5.60. The van der Waals surface area contributed by atoms with Crippen LogP contribution < -0.4 is 20.1 Å². The van der Waals surface area contributed by atoms with Gasteiger partial charge in [-0.05, 0) is 36.2 Å². The van der Waals surface area contributed by atoms with Gasteiger partial charge in [-0.25, -0.2) is 9.89 Å². The zero-order valence-electron chi connectivity index (χ0n) is 22.2. The number of fused-ring (bicyclic) bond motifs is 4. The first-order chi connectivity index (χ1) is 20.0. The lowest BCUT2D eigenvalue weighted by atomic mass is 10.1. The van der Waals surface area contributed by atoms with Gasteiger partial charge in [0.1, 0.15) is 11.9 Å². The summed E-state index contributed by atoms with van der Waals surface area (Å²) in [6, 6.07) is 21.3. The minimum Gasteiger partial charge on any atom is -0.454 e. The summed E-state index contributed by atoms with van der Waals surface area (Å²) >= 11 is 1.20. The molecule has 41 heavy (non-hydrogen) atoms. The lowest BCUT2D eigenvalue weighted by Crippen LogP contribution is -2.43. The van der Waals surface area contributed by atoms with Crippen LogP contribution in [0.1, 0.15) is 30.9 Å². The number of benzene rings is 3. The number of hydrogen-bond donors (Lipinski definition) is 2. The Kier molecular flexibility index (Phi) is 7.43. The lowest BCUT2D eigenvalue weighted by Gasteiger charge is -2.27. The minimum absolute atomic E-state index is 0.0897. The first-order valence-corrected chi connectivity index (χ1v) is 14.2. The summed E-state index contributed by atoms with van der Waals surface area (Å²) in [6.45, 7) is 2.41. The molecule has 3 aromatic rings. The maximum Gasteiger partial charge on any atom is 0.259 e. The van der Waals surface area contributed by atoms with E-state index < -0.39 is 11.3 Å². The number of carbonyl (C=O) groups excluding carboxylic acids is 3. The summed E-state index contributed by atoms with van der Waals surface area (Å²) in [4.78, 5) is 50.5. The van der Waals surface area contributed by atoms with Crippen molar-refractivity contribution in [2.45, 2.75) is 37.6 Å². The molecule has 0 fully saturated rings. The number of nitrogens with zero attached hydrogens (tertiary/aromatic N) is 3. The van der Waals surface area contributed by atoms with Crippen molar-refractivity contribution in [1.82, 2.24) is 10.2 Å². The van der Waals surface area contributed by atoms with Gasteiger partial charge in [0.25, 0.3) is 5.91 Å². The Morgan fingerprint density at radius 3 is 2.66 bits per heavy atom. The van der Waals surface area contributed by atoms with Crippen molar-refractivity contribution in [3.63, 3.8) is 0 Å². The molecule has 0 spiro atoms. The molecule has 2 N–H and O–H groups in total. The number of amidine groups is 2. The van der Waals surface area contributed by atoms with E-state index in [0.717, 1.165) is 5.56 Å². The van der Waals surface area contributed by atoms with Crippen LogP contribution in [-0.4, -0.2) is 51.7 Å². The topological polar surface area (TPSA) is 122 Å². The first-order valence-electron chi connectivity index (χ1n) is 13.3. The summed E-state index contributed by atoms with van der Waals surface area (Å²) < 4.78 is 10.8. The van der Waals surface area contributed by atoms with Crippen LogP contribution in [0.25, 0.3) is 0 Å². The molecule has 3 aliphatic heterocycles. The van der Waals surface area contributed by atoms with Gasteiger partial charge in [-0.2, -0.15) is 0 Å². The van der Waals surface area contributed by atoms with E-state index in [1.807, 2.05) is 61.5 Å². The van der Waals surface area contributed by atoms with E-state index in [1.165, 1.54) is 16.7 Å². The molecular formula is C30H27N5O5S. The first kappa shape index (κ1) is 26.6. The van der Waals surface area contributed by atoms with Gasteiger partial charge in [0.05, 0.1) is 17.4 Å². The number of hydrogen-bond acceptors (Lipinski definition) is 8. The molecule has 0 radical (unpaired) electrons. The molecule has 3 heterocycles. The van der Waals surface area contributed by atoms with E-state index in [0.29, 0.717) is 52.4 Å². The van der Waals surface area contributed by atoms with Crippen molar-refractivity contribution >= 4 is 51.9 Å². The van der Waals surface area contributed by atoms with Gasteiger partial charge in [0.15, 0.2) is 16.7 Å². The largest absolute Gasteiger partial charge is 0.454 e. The van der Waals surface area contributed by atoms with Gasteiger partial charge >= 0.3 is 0 Å². The molecule has 6 rings (SSSR count). The van der Waals surface area contributed by atoms with Gasteiger partial charge in [-0.3, -0.25) is 19.4 Å². The molecule has 0 bridgehead atoms. The average Bonchev–Trinajstić information content (AvgIpc) is 3.59. The van der Waals surface area contributed by atoms with Crippen LogP contribution >= 0.6 is 11.8 Å². The predicted octanol–water partition coefficient (Wildman–Crippen LogP) is 4.23. The Labute approximate surface area is 240 Å². The lowest BCUT2D eigenvalue weighted by molar-refractivity contribution is -0.128. The van der Waals surface area contributed by atoms with Crippen LogP contribution in [0.4, 0.5) is 11.4 Å². The molecule has 3 aliphatic rings. The number of para-hydroxylation sites is 1. The highest BCUT2D eigenvalue weighted by atomic mass is 32.2. The average molecular weight is 570 g/mol. The molecule has 0 saturated heterocycles. The highest BCUT2D eigenvalue weighted by molar-refractivity contribution is 8.15. The van der Waals surface area contributed by atoms with E-state index in [4.69, 9.17) is 14.5 Å². The molecular weight excluding hydrogens is 542 g/mol. The highest BCUT2D eigenvalue weighted by Gasteiger charge is 2.43. The fourth-order valence-corrected chi connectivity index (χ4v) is 5.72. The summed E-state index contributed by atoms with van der Waals surface area (Å²) in [5.41, 5.74) is 2.90. The number of thioether (sulfide) groups is 1. The number of anilines is 1. The summed E-state index contributed by atoms with van der Waals surface area (Å²) in [5.74, 6) is 0.781. The van der Waals surface area contributed by atoms with E-state index in [1.54, 1.807) is 18.2 Å². The van der Waals surface area contributed by atoms with Crippen molar-refractivity contribution < 1.29 is 23.9 Å². The number of aliphatic imine (C=N–C) groups is 2. The Bertz CT molecular complexity index is 1570. The molecule has 11 heteroatoms. The number of amides is 3. The third-order valence-electron chi connectivity index (χ3n) is 6.81. The Morgan fingerprint density at radius 1 is 1.05 bits per heavy atom. The third-order valence-corrected chi connectivity index (χ3v) is 8.13. The monoisotopic (exact) mass is 569 g/mol. The van der Waals surface area contributed by atoms with Crippen LogP contribution in [0.2, 0.25) is 0 Å². The Morgan fingerprint density at radius 2 is 1.83 bits per heavy atom. The smallest absolute Gasteiger partial charge is 0.259 e. The van der Waals surface area contributed by atoms with Crippen LogP contribution in [0, 0.1) is 0 Å². The van der Waals surface area contributed by atoms with Gasteiger partial charge in [0, 0.05) is 23.9 Å². The minimum atomic E-state index is -0.889. The Balaban J connectivity index is 1.18. The summed E-state index contributed by atoms with van der Waals surface area (Å²) in [6.07, 6.45) is 0.398. The zero-order valence-corrected chi connectivity index (χ0v) is 23.0. The summed E-state index contributed by atoms with van der Waals surface area (Å²) in [7, 11) is 0. The number of rotatable bonds is 8. The van der Waals surface area contributed by atoms with Crippen LogP contribution in [0.15, 0.2) is 82.8 Å². The fraction of sp³-hybridized carbons (Fsp3) is 0.233. The highest BCUT2D eigenvalue weighted by Crippen LogP contribution is 2.37. The standard InChI is InChI=1S/C30H27N5O5S/c1-2-25(28(37)32-19-12-13-23-24(14-19)40-17-39-23)41-30-34-21-11-7-6-10-20(21)27-33-22(29(38)35(27)30)15-26(36)31-16-18-8-4-3-5-9-18/h3-14,22,25H,2,15-17H2,1H3,(H,31,36)(H,32,37)/t22-,25-/m0/s1. The molecule has 208 valence electrons. The molecule has 3 aromatic carbocycles. The van der Waals surface area contributed by atoms with Crippen molar-refractivity contribution in [2.75, 3.05) is 12.1 Å². The van der Waals surface area contributed by atoms with Crippen molar-refractivity contribution in [2.24, 2.45) is 9.98 Å². The van der Waals surface area contributed by atoms with E-state index in [9.17, 15) is 14.4 Å². The normalized spacial score (nSPS) is 17.2. The second-order valence-electron chi connectivity index (χ2n) is 9.59. The molecule has 0 unspecified atom stereocenters. The van der Waals surface area contributed by atoms with Crippen LogP contribution in [0.5, 0.6) is 11.5 Å². The molecule has 3 amide bonds. The molecule has 10 nitrogen and oxygen atoms in total. The van der Waals surface area contributed by atoms with Gasteiger partial charge in [-0.1, -0.05) is 61.2 Å². The van der Waals surface area contributed by atoms with E-state index in [2.05, 4.69) is 15.6 Å². The van der Waals surface area contributed by atoms with Gasteiger partial charge in [0.2, 0.25) is 18.6 Å². The van der Waals surface area contributed by atoms with E-state index >= 15 is 0 Å². The zero-order chi connectivity index (χ0) is 28.3. The molecule has 2 atom stereocenters. The van der Waals surface area contributed by atoms with Crippen molar-refractivity contribution in [3.05, 3.63) is 83.9 Å². The second-order valence-corrected chi connectivity index (χ2v) is 10.8. The number of ether oxygens (including phenoxy) is 2. The second kappa shape index (κ2) is 11.5. The third kappa shape index (κ3) is 5.53. The molecule has 0 aromatic heterocycles. The molecule has 0 saturated carbocycles. The van der Waals surface area contributed by atoms with Gasteiger partial charge < -0.3 is 20.1 Å². The van der Waals surface area contributed by atoms with E-state index in [-0.39, 0.29) is 30.9 Å². The molecule has 0 aliphatic carbocycles. The van der Waals surface area contributed by atoms with Crippen molar-refractivity contribution in [3.8, 4) is 11.5 Å². The van der Waals surface area contributed by atoms with Crippen LogP contribution in [0.3, 0.4) is 0 Å². The Hall–Kier alpha value is -4.64. The quantitative estimate of drug-likeness (QED) is 0.419. The van der Waals surface area contributed by atoms with Crippen LogP contribution in [-0.2, 0) is 20.9 Å².